The van der Waals surface area contributed by atoms with Crippen molar-refractivity contribution < 1.29 is 0 Å². The predicted octanol–water partition coefficient (Wildman–Crippen LogP) is 3.20. The highest BCUT2D eigenvalue weighted by Crippen LogP contribution is 2.31. The smallest absolute Gasteiger partial charge is 0.124 e. The third kappa shape index (κ3) is 2.85. The lowest BCUT2D eigenvalue weighted by Gasteiger charge is -2.14. The number of aromatic nitrogens is 1. The normalized spacial score (nSPS) is 20.3. The van der Waals surface area contributed by atoms with Gasteiger partial charge in [0.25, 0.3) is 0 Å². The molecule has 0 aromatic carbocycles. The van der Waals surface area contributed by atoms with Crippen LogP contribution in [-0.4, -0.2) is 31.0 Å². The van der Waals surface area contributed by atoms with E-state index in [1.165, 1.54) is 15.8 Å². The van der Waals surface area contributed by atoms with E-state index in [1.54, 1.807) is 11.3 Å². The third-order valence-electron chi connectivity index (χ3n) is 4.09. The van der Waals surface area contributed by atoms with E-state index in [4.69, 9.17) is 4.98 Å². The summed E-state index contributed by atoms with van der Waals surface area (Å²) in [6.07, 6.45) is 11.4. The van der Waals surface area contributed by atoms with E-state index in [0.717, 1.165) is 29.1 Å². The summed E-state index contributed by atoms with van der Waals surface area (Å²) in [4.78, 5) is 11.7. The number of aliphatic imine (C=N–C) groups is 1. The van der Waals surface area contributed by atoms with Gasteiger partial charge >= 0.3 is 0 Å². The summed E-state index contributed by atoms with van der Waals surface area (Å²) in [5, 5.41) is 7.62. The van der Waals surface area contributed by atoms with Crippen LogP contribution in [0.3, 0.4) is 0 Å². The number of fused-ring (bicyclic) bond motifs is 1. The maximum Gasteiger partial charge on any atom is 0.124 e. The Hall–Kier alpha value is -2.24. The molecule has 0 saturated carbocycles. The van der Waals surface area contributed by atoms with Gasteiger partial charge in [0.2, 0.25) is 0 Å². The lowest BCUT2D eigenvalue weighted by atomic mass is 10.1. The van der Waals surface area contributed by atoms with Gasteiger partial charge in [0.05, 0.1) is 5.69 Å². The van der Waals surface area contributed by atoms with Gasteiger partial charge in [0, 0.05) is 35.0 Å². The highest BCUT2D eigenvalue weighted by atomic mass is 32.1. The van der Waals surface area contributed by atoms with E-state index in [9.17, 15) is 0 Å². The van der Waals surface area contributed by atoms with Crippen LogP contribution in [0.25, 0.3) is 21.4 Å². The van der Waals surface area contributed by atoms with Crippen molar-refractivity contribution in [2.75, 3.05) is 13.6 Å². The van der Waals surface area contributed by atoms with Crippen LogP contribution >= 0.6 is 11.3 Å². The second kappa shape index (κ2) is 6.10. The number of dihydropyridines is 2. The van der Waals surface area contributed by atoms with Crippen LogP contribution in [0.1, 0.15) is 17.0 Å². The fraction of sp³-hybridized carbons (Fsp3) is 0.222. The summed E-state index contributed by atoms with van der Waals surface area (Å²) >= 11 is 1.75. The maximum absolute atomic E-state index is 4.84. The molecule has 116 valence electrons. The molecule has 2 aliphatic heterocycles. The Balaban J connectivity index is 1.66. The number of thiophene rings is 1. The average Bonchev–Trinajstić information content (AvgIpc) is 3.06. The van der Waals surface area contributed by atoms with Gasteiger partial charge in [-0.15, -0.1) is 11.3 Å². The first-order valence-electron chi connectivity index (χ1n) is 7.74. The molecule has 4 rings (SSSR count). The summed E-state index contributed by atoms with van der Waals surface area (Å²) in [6.45, 7) is 0.874. The molecule has 2 aliphatic rings. The van der Waals surface area contributed by atoms with Crippen LogP contribution < -0.4 is 10.6 Å². The lowest BCUT2D eigenvalue weighted by Crippen LogP contribution is -2.24. The van der Waals surface area contributed by atoms with Crippen LogP contribution in [-0.2, 0) is 0 Å². The van der Waals surface area contributed by atoms with Crippen molar-refractivity contribution >= 4 is 38.9 Å². The van der Waals surface area contributed by atoms with Crippen molar-refractivity contribution in [1.29, 1.82) is 0 Å². The second-order valence-corrected chi connectivity index (χ2v) is 6.64. The van der Waals surface area contributed by atoms with Crippen molar-refractivity contribution in [3.63, 3.8) is 0 Å². The molecule has 0 amide bonds. The number of hydrogen-bond donors (Lipinski definition) is 2. The Kier molecular flexibility index (Phi) is 3.81. The molecule has 0 radical (unpaired) electrons. The molecule has 0 bridgehead atoms. The van der Waals surface area contributed by atoms with Gasteiger partial charge in [-0.3, -0.25) is 10.3 Å². The zero-order chi connectivity index (χ0) is 15.6. The van der Waals surface area contributed by atoms with Gasteiger partial charge in [-0.05, 0) is 43.1 Å². The number of nitrogens with zero attached hydrogens (tertiary/aromatic N) is 2. The first-order valence-corrected chi connectivity index (χ1v) is 8.56. The molecule has 2 aromatic rings. The highest BCUT2D eigenvalue weighted by molar-refractivity contribution is 7.19. The molecule has 1 unspecified atom stereocenters. The van der Waals surface area contributed by atoms with Crippen molar-refractivity contribution in [3.8, 4) is 0 Å². The van der Waals surface area contributed by atoms with Crippen LogP contribution in [0.4, 0.5) is 0 Å². The molecular formula is C18H18N4S. The van der Waals surface area contributed by atoms with Crippen LogP contribution in [0.15, 0.2) is 47.6 Å². The molecule has 2 aromatic heterocycles. The predicted molar refractivity (Wildman–Crippen MR) is 98.7 cm³/mol. The van der Waals surface area contributed by atoms with Crippen molar-refractivity contribution in [3.05, 3.63) is 53.2 Å². The third-order valence-corrected chi connectivity index (χ3v) is 5.21. The summed E-state index contributed by atoms with van der Waals surface area (Å²) in [5.41, 5.74) is 3.42. The lowest BCUT2D eigenvalue weighted by molar-refractivity contribution is 0.595. The Morgan fingerprint density at radius 2 is 2.30 bits per heavy atom. The summed E-state index contributed by atoms with van der Waals surface area (Å²) in [5.74, 6) is 0. The van der Waals surface area contributed by atoms with E-state index >= 15 is 0 Å². The minimum atomic E-state index is 0.189. The van der Waals surface area contributed by atoms with E-state index in [-0.39, 0.29) is 6.17 Å². The van der Waals surface area contributed by atoms with E-state index in [2.05, 4.69) is 46.0 Å². The molecule has 0 spiro atoms. The fourth-order valence-electron chi connectivity index (χ4n) is 2.75. The van der Waals surface area contributed by atoms with Crippen molar-refractivity contribution in [2.24, 2.45) is 4.99 Å². The number of pyridine rings is 1. The van der Waals surface area contributed by atoms with E-state index in [0.29, 0.717) is 0 Å². The van der Waals surface area contributed by atoms with E-state index < -0.39 is 0 Å². The summed E-state index contributed by atoms with van der Waals surface area (Å²) < 4.78 is 0. The van der Waals surface area contributed by atoms with Crippen LogP contribution in [0.5, 0.6) is 0 Å². The zero-order valence-electron chi connectivity index (χ0n) is 12.9. The number of rotatable bonds is 3. The van der Waals surface area contributed by atoms with Crippen molar-refractivity contribution in [1.82, 2.24) is 15.6 Å². The first kappa shape index (κ1) is 14.4. The zero-order valence-corrected chi connectivity index (χ0v) is 13.7. The summed E-state index contributed by atoms with van der Waals surface area (Å²) in [7, 11) is 1.93. The maximum atomic E-state index is 4.84. The Labute approximate surface area is 139 Å². The number of allylic oxidation sites excluding steroid dienone is 3. The van der Waals surface area contributed by atoms with Gasteiger partial charge in [-0.1, -0.05) is 12.2 Å². The molecule has 0 fully saturated rings. The highest BCUT2D eigenvalue weighted by Gasteiger charge is 2.12. The quantitative estimate of drug-likeness (QED) is 0.912. The molecule has 2 N–H and O–H groups in total. The monoisotopic (exact) mass is 322 g/mol. The Bertz CT molecular complexity index is 857. The molecule has 23 heavy (non-hydrogen) atoms. The largest absolute Gasteiger partial charge is 0.387 e. The van der Waals surface area contributed by atoms with Gasteiger partial charge in [-0.2, -0.15) is 0 Å². The molecule has 1 atom stereocenters. The molecular weight excluding hydrogens is 304 g/mol. The van der Waals surface area contributed by atoms with Crippen LogP contribution in [0, 0.1) is 0 Å². The summed E-state index contributed by atoms with van der Waals surface area (Å²) in [6, 6.07) is 6.47. The number of nitrogens with one attached hydrogen (secondary N) is 2. The van der Waals surface area contributed by atoms with Crippen molar-refractivity contribution in [2.45, 2.75) is 12.6 Å². The number of hydrogen-bond acceptors (Lipinski definition) is 5. The van der Waals surface area contributed by atoms with Gasteiger partial charge < -0.3 is 5.32 Å². The van der Waals surface area contributed by atoms with E-state index in [1.807, 2.05) is 25.5 Å². The Morgan fingerprint density at radius 1 is 1.35 bits per heavy atom. The van der Waals surface area contributed by atoms with Gasteiger partial charge in [0.1, 0.15) is 11.0 Å². The first-order chi connectivity index (χ1) is 11.3. The fourth-order valence-corrected chi connectivity index (χ4v) is 3.81. The molecule has 0 aliphatic carbocycles. The van der Waals surface area contributed by atoms with Crippen LogP contribution in [0.2, 0.25) is 0 Å². The average molecular weight is 322 g/mol. The molecule has 4 nitrogen and oxygen atoms in total. The second-order valence-electron chi connectivity index (χ2n) is 5.61. The van der Waals surface area contributed by atoms with Gasteiger partial charge in [-0.25, -0.2) is 4.98 Å². The molecule has 5 heteroatoms. The molecule has 0 saturated heterocycles. The molecule has 4 heterocycles. The standard InChI is InChI=1S/C18H18N4S/c1-19-17-7-5-13(11-21-17)15-6-4-12-9-16(23-18(12)22-15)14-3-2-8-20-10-14/h2-6,8-9,11,17,19-20H,7,10H2,1H3. The van der Waals surface area contributed by atoms with Gasteiger partial charge in [0.15, 0.2) is 0 Å². The topological polar surface area (TPSA) is 49.3 Å². The minimum Gasteiger partial charge on any atom is -0.387 e. The minimum absolute atomic E-state index is 0.189. The Morgan fingerprint density at radius 3 is 3.04 bits per heavy atom. The SMILES string of the molecule is CNC1CC=C(c2ccc3cc(C4=CC=CNC4)sc3n2)C=N1.